The number of amides is 1. The number of aromatic amines is 1. The summed E-state index contributed by atoms with van der Waals surface area (Å²) in [4.78, 5) is 20.5. The number of carbonyl (C=O) groups is 1. The quantitative estimate of drug-likeness (QED) is 0.904. The average Bonchev–Trinajstić information content (AvgIpc) is 3.32. The predicted octanol–water partition coefficient (Wildman–Crippen LogP) is 3.58. The first-order chi connectivity index (χ1) is 12.3. The van der Waals surface area contributed by atoms with Crippen molar-refractivity contribution in [3.63, 3.8) is 0 Å². The number of benzene rings is 1. The minimum Gasteiger partial charge on any atom is -0.361 e. The van der Waals surface area contributed by atoms with E-state index < -0.39 is 0 Å². The predicted molar refractivity (Wildman–Crippen MR) is 102 cm³/mol. The number of hydrogen-bond donors (Lipinski definition) is 1. The maximum atomic E-state index is 12.5. The molecule has 1 aromatic heterocycles. The Morgan fingerprint density at radius 3 is 2.64 bits per heavy atom. The van der Waals surface area contributed by atoms with Gasteiger partial charge in [0.2, 0.25) is 5.91 Å². The molecule has 1 saturated heterocycles. The molecule has 2 aliphatic rings. The number of piperazine rings is 1. The number of rotatable bonds is 5. The highest BCUT2D eigenvalue weighted by Crippen LogP contribution is 2.24. The Balaban J connectivity index is 1.23. The Morgan fingerprint density at radius 1 is 1.08 bits per heavy atom. The number of aryl methyl sites for hydroxylation is 1. The fourth-order valence-corrected chi connectivity index (χ4v) is 4.53. The summed E-state index contributed by atoms with van der Waals surface area (Å²) in [5.74, 6) is 0.339. The van der Waals surface area contributed by atoms with E-state index in [1.54, 1.807) is 0 Å². The molecule has 4 heteroatoms. The molecule has 0 radical (unpaired) electrons. The van der Waals surface area contributed by atoms with Crippen molar-refractivity contribution in [2.24, 2.45) is 0 Å². The van der Waals surface area contributed by atoms with E-state index in [0.29, 0.717) is 12.3 Å². The minimum absolute atomic E-state index is 0.339. The number of nitrogens with one attached hydrogen (secondary N) is 1. The Hall–Kier alpha value is -1.81. The van der Waals surface area contributed by atoms with Crippen LogP contribution in [-0.4, -0.2) is 52.9 Å². The largest absolute Gasteiger partial charge is 0.361 e. The summed E-state index contributed by atoms with van der Waals surface area (Å²) in [5.41, 5.74) is 2.52. The summed E-state index contributed by atoms with van der Waals surface area (Å²) in [6.45, 7) is 3.97. The van der Waals surface area contributed by atoms with Gasteiger partial charge in [0, 0.05) is 55.7 Å². The van der Waals surface area contributed by atoms with Crippen LogP contribution in [0.1, 0.15) is 44.1 Å². The SMILES string of the molecule is O=C(CCCc1c[nH]c2ccccc12)N1CCN(C2CCCC2)CC1. The van der Waals surface area contributed by atoms with Crippen molar-refractivity contribution in [3.05, 3.63) is 36.0 Å². The van der Waals surface area contributed by atoms with Gasteiger partial charge in [-0.2, -0.15) is 0 Å². The Morgan fingerprint density at radius 2 is 1.84 bits per heavy atom. The molecule has 134 valence electrons. The minimum atomic E-state index is 0.339. The third kappa shape index (κ3) is 3.74. The average molecular weight is 339 g/mol. The van der Waals surface area contributed by atoms with Crippen LogP contribution in [0.5, 0.6) is 0 Å². The zero-order chi connectivity index (χ0) is 17.1. The van der Waals surface area contributed by atoms with Crippen molar-refractivity contribution in [1.82, 2.24) is 14.8 Å². The highest BCUT2D eigenvalue weighted by molar-refractivity contribution is 5.83. The number of aromatic nitrogens is 1. The topological polar surface area (TPSA) is 39.3 Å². The second-order valence-corrected chi connectivity index (χ2v) is 7.57. The molecule has 1 aliphatic heterocycles. The summed E-state index contributed by atoms with van der Waals surface area (Å²) < 4.78 is 0. The Bertz CT molecular complexity index is 709. The van der Waals surface area contributed by atoms with E-state index in [4.69, 9.17) is 0 Å². The van der Waals surface area contributed by atoms with Crippen LogP contribution in [0.4, 0.5) is 0 Å². The van der Waals surface area contributed by atoms with E-state index in [-0.39, 0.29) is 0 Å². The first-order valence-corrected chi connectivity index (χ1v) is 9.88. The third-order valence-corrected chi connectivity index (χ3v) is 6.02. The van der Waals surface area contributed by atoms with Crippen LogP contribution in [0, 0.1) is 0 Å². The Kier molecular flexibility index (Phi) is 5.07. The molecular weight excluding hydrogens is 310 g/mol. The maximum absolute atomic E-state index is 12.5. The zero-order valence-electron chi connectivity index (χ0n) is 15.0. The lowest BCUT2D eigenvalue weighted by atomic mass is 10.1. The number of hydrogen-bond acceptors (Lipinski definition) is 2. The van der Waals surface area contributed by atoms with Crippen LogP contribution >= 0.6 is 0 Å². The number of para-hydroxylation sites is 1. The molecule has 0 spiro atoms. The van der Waals surface area contributed by atoms with Crippen molar-refractivity contribution in [1.29, 1.82) is 0 Å². The van der Waals surface area contributed by atoms with Gasteiger partial charge < -0.3 is 9.88 Å². The van der Waals surface area contributed by atoms with Crippen LogP contribution in [-0.2, 0) is 11.2 Å². The molecule has 2 aromatic rings. The second kappa shape index (κ2) is 7.61. The fourth-order valence-electron chi connectivity index (χ4n) is 4.53. The summed E-state index contributed by atoms with van der Waals surface area (Å²) in [7, 11) is 0. The van der Waals surface area contributed by atoms with E-state index in [1.165, 1.54) is 42.1 Å². The fraction of sp³-hybridized carbons (Fsp3) is 0.571. The zero-order valence-corrected chi connectivity index (χ0v) is 15.0. The number of carbonyl (C=O) groups excluding carboxylic acids is 1. The maximum Gasteiger partial charge on any atom is 0.222 e. The van der Waals surface area contributed by atoms with Gasteiger partial charge in [-0.3, -0.25) is 9.69 Å². The molecule has 1 aromatic carbocycles. The van der Waals surface area contributed by atoms with Crippen LogP contribution in [0.3, 0.4) is 0 Å². The van der Waals surface area contributed by atoms with Gasteiger partial charge in [0.1, 0.15) is 0 Å². The molecule has 2 fully saturated rings. The first kappa shape index (κ1) is 16.6. The normalized spacial score (nSPS) is 19.8. The summed E-state index contributed by atoms with van der Waals surface area (Å²) in [6, 6.07) is 9.18. The van der Waals surface area contributed by atoms with Gasteiger partial charge in [0.05, 0.1) is 0 Å². The van der Waals surface area contributed by atoms with Gasteiger partial charge >= 0.3 is 0 Å². The molecule has 4 rings (SSSR count). The standard InChI is InChI=1S/C21H29N3O/c25-21(24-14-12-23(13-15-24)18-7-1-2-8-18)11-5-6-17-16-22-20-10-4-3-9-19(17)20/h3-4,9-10,16,18,22H,1-2,5-8,11-15H2. The Labute approximate surface area is 150 Å². The molecule has 1 aliphatic carbocycles. The number of nitrogens with zero attached hydrogens (tertiary/aromatic N) is 2. The van der Waals surface area contributed by atoms with E-state index in [2.05, 4.69) is 45.2 Å². The monoisotopic (exact) mass is 339 g/mol. The highest BCUT2D eigenvalue weighted by Gasteiger charge is 2.27. The third-order valence-electron chi connectivity index (χ3n) is 6.02. The molecule has 0 atom stereocenters. The number of fused-ring (bicyclic) bond motifs is 1. The molecule has 1 N–H and O–H groups in total. The molecule has 1 saturated carbocycles. The summed E-state index contributed by atoms with van der Waals surface area (Å²) in [6.07, 6.45) is 10.2. The van der Waals surface area contributed by atoms with Gasteiger partial charge in [0.15, 0.2) is 0 Å². The second-order valence-electron chi connectivity index (χ2n) is 7.57. The molecule has 25 heavy (non-hydrogen) atoms. The molecule has 2 heterocycles. The van der Waals surface area contributed by atoms with Crippen molar-refractivity contribution in [2.75, 3.05) is 26.2 Å². The van der Waals surface area contributed by atoms with Gasteiger partial charge in [-0.05, 0) is 37.3 Å². The lowest BCUT2D eigenvalue weighted by molar-refractivity contribution is -0.133. The van der Waals surface area contributed by atoms with E-state index in [9.17, 15) is 4.79 Å². The van der Waals surface area contributed by atoms with E-state index in [1.807, 2.05) is 0 Å². The number of H-pyrrole nitrogens is 1. The van der Waals surface area contributed by atoms with Crippen LogP contribution in [0.25, 0.3) is 10.9 Å². The van der Waals surface area contributed by atoms with Gasteiger partial charge in [-0.25, -0.2) is 0 Å². The van der Waals surface area contributed by atoms with Crippen molar-refractivity contribution < 1.29 is 4.79 Å². The van der Waals surface area contributed by atoms with Crippen molar-refractivity contribution >= 4 is 16.8 Å². The first-order valence-electron chi connectivity index (χ1n) is 9.88. The molecular formula is C21H29N3O. The van der Waals surface area contributed by atoms with Crippen LogP contribution < -0.4 is 0 Å². The smallest absolute Gasteiger partial charge is 0.222 e. The van der Waals surface area contributed by atoms with Crippen molar-refractivity contribution in [3.8, 4) is 0 Å². The lowest BCUT2D eigenvalue weighted by Crippen LogP contribution is -2.51. The van der Waals surface area contributed by atoms with E-state index in [0.717, 1.165) is 45.1 Å². The van der Waals surface area contributed by atoms with Crippen LogP contribution in [0.15, 0.2) is 30.5 Å². The van der Waals surface area contributed by atoms with Crippen molar-refractivity contribution in [2.45, 2.75) is 51.0 Å². The molecule has 1 amide bonds. The van der Waals surface area contributed by atoms with Crippen LogP contribution in [0.2, 0.25) is 0 Å². The summed E-state index contributed by atoms with van der Waals surface area (Å²) >= 11 is 0. The molecule has 0 unspecified atom stereocenters. The van der Waals surface area contributed by atoms with Gasteiger partial charge in [0.25, 0.3) is 0 Å². The van der Waals surface area contributed by atoms with Gasteiger partial charge in [-0.1, -0.05) is 31.0 Å². The van der Waals surface area contributed by atoms with Gasteiger partial charge in [-0.15, -0.1) is 0 Å². The summed E-state index contributed by atoms with van der Waals surface area (Å²) in [5, 5.41) is 1.29. The lowest BCUT2D eigenvalue weighted by Gasteiger charge is -2.38. The van der Waals surface area contributed by atoms with E-state index >= 15 is 0 Å². The molecule has 4 nitrogen and oxygen atoms in total. The highest BCUT2D eigenvalue weighted by atomic mass is 16.2. The molecule has 0 bridgehead atoms.